The second-order valence-electron chi connectivity index (χ2n) is 5.27. The number of aryl methyl sites for hydroxylation is 2. The molecule has 1 unspecified atom stereocenters. The summed E-state index contributed by atoms with van der Waals surface area (Å²) in [5, 5.41) is 19.1. The van der Waals surface area contributed by atoms with Gasteiger partial charge in [-0.3, -0.25) is 0 Å². The highest BCUT2D eigenvalue weighted by Gasteiger charge is 2.42. The van der Waals surface area contributed by atoms with Crippen LogP contribution in [0.5, 0.6) is 0 Å². The smallest absolute Gasteiger partial charge is 0.150 e. The molecule has 17 heavy (non-hydrogen) atoms. The Kier molecular flexibility index (Phi) is 3.22. The molecule has 1 atom stereocenters. The van der Waals surface area contributed by atoms with Crippen molar-refractivity contribution in [3.05, 3.63) is 34.9 Å². The molecule has 0 spiro atoms. The normalized spacial score (nSPS) is 19.9. The summed E-state index contributed by atoms with van der Waals surface area (Å²) in [5.74, 6) is 0. The molecule has 1 aromatic carbocycles. The van der Waals surface area contributed by atoms with Crippen LogP contribution < -0.4 is 0 Å². The Balaban J connectivity index is 2.50. The minimum atomic E-state index is -0.883. The van der Waals surface area contributed by atoms with Gasteiger partial charge in [0.1, 0.15) is 6.10 Å². The zero-order valence-electron chi connectivity index (χ0n) is 10.5. The van der Waals surface area contributed by atoms with E-state index in [0.29, 0.717) is 0 Å². The molecule has 2 rings (SSSR count). The van der Waals surface area contributed by atoms with Crippen molar-refractivity contribution in [2.45, 2.75) is 51.0 Å². The molecule has 1 aliphatic rings. The number of hydrogen-bond acceptors (Lipinski definition) is 2. The fraction of sp³-hybridized carbons (Fsp3) is 0.533. The molecule has 90 valence electrons. The van der Waals surface area contributed by atoms with E-state index in [0.717, 1.165) is 31.2 Å². The summed E-state index contributed by atoms with van der Waals surface area (Å²) in [4.78, 5) is 0. The van der Waals surface area contributed by atoms with Gasteiger partial charge in [0.15, 0.2) is 0 Å². The van der Waals surface area contributed by atoms with Gasteiger partial charge in [-0.15, -0.1) is 0 Å². The van der Waals surface area contributed by atoms with Gasteiger partial charge in [0.2, 0.25) is 0 Å². The lowest BCUT2D eigenvalue weighted by Crippen LogP contribution is -2.36. The summed E-state index contributed by atoms with van der Waals surface area (Å²) in [6.07, 6.45) is 3.17. The molecule has 1 saturated carbocycles. The van der Waals surface area contributed by atoms with Crippen LogP contribution in [0.2, 0.25) is 0 Å². The molecule has 0 heterocycles. The first-order valence-electron chi connectivity index (χ1n) is 6.25. The Labute approximate surface area is 103 Å². The number of hydrogen-bond donors (Lipinski definition) is 1. The Bertz CT molecular complexity index is 432. The molecule has 0 radical (unpaired) electrons. The lowest BCUT2D eigenvalue weighted by molar-refractivity contribution is 0.131. The molecule has 1 N–H and O–H groups in total. The number of benzene rings is 1. The van der Waals surface area contributed by atoms with Crippen LogP contribution in [0.15, 0.2) is 18.2 Å². The third-order valence-electron chi connectivity index (χ3n) is 3.94. The topological polar surface area (TPSA) is 44.0 Å². The quantitative estimate of drug-likeness (QED) is 0.792. The van der Waals surface area contributed by atoms with Gasteiger partial charge in [0.05, 0.1) is 6.07 Å². The van der Waals surface area contributed by atoms with Gasteiger partial charge in [0.25, 0.3) is 0 Å². The van der Waals surface area contributed by atoms with E-state index in [1.165, 1.54) is 11.1 Å². The third-order valence-corrected chi connectivity index (χ3v) is 3.94. The van der Waals surface area contributed by atoms with Crippen LogP contribution in [0.25, 0.3) is 0 Å². The van der Waals surface area contributed by atoms with Gasteiger partial charge in [-0.25, -0.2) is 0 Å². The summed E-state index contributed by atoms with van der Waals surface area (Å²) in [5.41, 5.74) is 3.22. The minimum absolute atomic E-state index is 0.328. The molecular formula is C15H19NO. The zero-order valence-corrected chi connectivity index (χ0v) is 10.5. The van der Waals surface area contributed by atoms with Crippen molar-refractivity contribution in [2.75, 3.05) is 0 Å². The summed E-state index contributed by atoms with van der Waals surface area (Å²) >= 11 is 0. The molecule has 1 fully saturated rings. The number of rotatable bonds is 2. The van der Waals surface area contributed by atoms with Crippen LogP contribution in [0.1, 0.15) is 42.4 Å². The summed E-state index contributed by atoms with van der Waals surface area (Å²) in [6, 6.07) is 8.42. The molecule has 0 bridgehead atoms. The zero-order chi connectivity index (χ0) is 12.5. The van der Waals surface area contributed by atoms with Gasteiger partial charge < -0.3 is 5.11 Å². The van der Waals surface area contributed by atoms with E-state index >= 15 is 0 Å². The van der Waals surface area contributed by atoms with E-state index in [2.05, 4.69) is 32.0 Å². The maximum Gasteiger partial charge on any atom is 0.150 e. The standard InChI is InChI=1S/C15H19NO/c1-11-7-12(2)9-13(8-11)15(14(17)10-16)5-3-4-6-15/h7-9,14,17H,3-6H2,1-2H3. The highest BCUT2D eigenvalue weighted by molar-refractivity contribution is 5.37. The number of aliphatic hydroxyl groups excluding tert-OH is 1. The SMILES string of the molecule is Cc1cc(C)cc(C2(C(O)C#N)CCCC2)c1. The van der Waals surface area contributed by atoms with Crippen molar-refractivity contribution in [1.29, 1.82) is 5.26 Å². The van der Waals surface area contributed by atoms with Crippen molar-refractivity contribution < 1.29 is 5.11 Å². The van der Waals surface area contributed by atoms with Gasteiger partial charge in [-0.1, -0.05) is 42.2 Å². The molecule has 0 aliphatic heterocycles. The Morgan fingerprint density at radius 1 is 1.18 bits per heavy atom. The molecule has 1 aromatic rings. The van der Waals surface area contributed by atoms with E-state index in [9.17, 15) is 5.11 Å². The van der Waals surface area contributed by atoms with Crippen LogP contribution in [0, 0.1) is 25.2 Å². The highest BCUT2D eigenvalue weighted by atomic mass is 16.3. The molecule has 0 aromatic heterocycles. The summed E-state index contributed by atoms with van der Waals surface area (Å²) in [6.45, 7) is 4.13. The second-order valence-corrected chi connectivity index (χ2v) is 5.27. The number of aliphatic hydroxyl groups is 1. The second kappa shape index (κ2) is 4.50. The van der Waals surface area contributed by atoms with Crippen LogP contribution in [0.3, 0.4) is 0 Å². The van der Waals surface area contributed by atoms with Gasteiger partial charge in [0, 0.05) is 5.41 Å². The van der Waals surface area contributed by atoms with Crippen molar-refractivity contribution in [3.8, 4) is 6.07 Å². The molecular weight excluding hydrogens is 210 g/mol. The first-order valence-corrected chi connectivity index (χ1v) is 6.25. The monoisotopic (exact) mass is 229 g/mol. The van der Waals surface area contributed by atoms with E-state index in [4.69, 9.17) is 5.26 Å². The highest BCUT2D eigenvalue weighted by Crippen LogP contribution is 2.44. The van der Waals surface area contributed by atoms with Crippen molar-refractivity contribution >= 4 is 0 Å². The molecule has 2 nitrogen and oxygen atoms in total. The average Bonchev–Trinajstić information content (AvgIpc) is 2.77. The fourth-order valence-electron chi connectivity index (χ4n) is 3.11. The van der Waals surface area contributed by atoms with Crippen LogP contribution in [0.4, 0.5) is 0 Å². The van der Waals surface area contributed by atoms with Crippen LogP contribution in [-0.4, -0.2) is 11.2 Å². The molecule has 2 heteroatoms. The minimum Gasteiger partial charge on any atom is -0.377 e. The van der Waals surface area contributed by atoms with Gasteiger partial charge in [-0.05, 0) is 32.3 Å². The van der Waals surface area contributed by atoms with Crippen LogP contribution in [-0.2, 0) is 5.41 Å². The number of nitrogens with zero attached hydrogens (tertiary/aromatic N) is 1. The summed E-state index contributed by atoms with van der Waals surface area (Å²) in [7, 11) is 0. The Morgan fingerprint density at radius 2 is 1.71 bits per heavy atom. The van der Waals surface area contributed by atoms with E-state index < -0.39 is 6.10 Å². The molecule has 0 amide bonds. The van der Waals surface area contributed by atoms with E-state index in [-0.39, 0.29) is 5.41 Å². The first kappa shape index (κ1) is 12.1. The number of nitriles is 1. The third kappa shape index (κ3) is 2.08. The predicted molar refractivity (Wildman–Crippen MR) is 67.7 cm³/mol. The van der Waals surface area contributed by atoms with E-state index in [1.54, 1.807) is 0 Å². The largest absolute Gasteiger partial charge is 0.377 e. The van der Waals surface area contributed by atoms with Crippen molar-refractivity contribution in [2.24, 2.45) is 0 Å². The van der Waals surface area contributed by atoms with Crippen molar-refractivity contribution in [3.63, 3.8) is 0 Å². The fourth-order valence-corrected chi connectivity index (χ4v) is 3.11. The predicted octanol–water partition coefficient (Wildman–Crippen LogP) is 3.00. The van der Waals surface area contributed by atoms with Gasteiger partial charge in [-0.2, -0.15) is 5.26 Å². The molecule has 0 saturated heterocycles. The van der Waals surface area contributed by atoms with Crippen LogP contribution >= 0.6 is 0 Å². The average molecular weight is 229 g/mol. The lowest BCUT2D eigenvalue weighted by atomic mass is 9.74. The first-order chi connectivity index (χ1) is 8.08. The lowest BCUT2D eigenvalue weighted by Gasteiger charge is -2.31. The Hall–Kier alpha value is -1.33. The van der Waals surface area contributed by atoms with E-state index in [1.807, 2.05) is 6.07 Å². The maximum atomic E-state index is 10.1. The van der Waals surface area contributed by atoms with Crippen molar-refractivity contribution in [1.82, 2.24) is 0 Å². The summed E-state index contributed by atoms with van der Waals surface area (Å²) < 4.78 is 0. The maximum absolute atomic E-state index is 10.1. The van der Waals surface area contributed by atoms with Gasteiger partial charge >= 0.3 is 0 Å². The molecule has 1 aliphatic carbocycles. The Morgan fingerprint density at radius 3 is 2.18 bits per heavy atom.